The van der Waals surface area contributed by atoms with Gasteiger partial charge in [0, 0.05) is 22.5 Å². The molecule has 2 aromatic rings. The molecule has 1 saturated heterocycles. The second-order valence-corrected chi connectivity index (χ2v) is 8.04. The average Bonchev–Trinajstić information content (AvgIpc) is 3.18. The largest absolute Gasteiger partial charge is 0.339 e. The van der Waals surface area contributed by atoms with E-state index in [1.807, 2.05) is 24.3 Å². The summed E-state index contributed by atoms with van der Waals surface area (Å²) in [6.07, 6.45) is 12.6. The van der Waals surface area contributed by atoms with Gasteiger partial charge in [-0.3, -0.25) is 0 Å². The molecule has 0 unspecified atom stereocenters. The number of rotatable bonds is 5. The second-order valence-electron chi connectivity index (χ2n) is 7.12. The normalized spacial score (nSPS) is 18.9. The Balaban J connectivity index is 1.30. The van der Waals surface area contributed by atoms with E-state index in [0.29, 0.717) is 11.7 Å². The fourth-order valence-corrected chi connectivity index (χ4v) is 3.95. The number of aromatic nitrogens is 2. The third kappa shape index (κ3) is 4.33. The summed E-state index contributed by atoms with van der Waals surface area (Å²) in [5.74, 6) is 1.87. The van der Waals surface area contributed by atoms with Crippen LogP contribution in [0.25, 0.3) is 11.4 Å². The Labute approximate surface area is 163 Å². The molecule has 0 bridgehead atoms. The molecule has 1 aliphatic carbocycles. The minimum Gasteiger partial charge on any atom is -0.339 e. The molecule has 0 atom stereocenters. The van der Waals surface area contributed by atoms with Crippen molar-refractivity contribution in [3.8, 4) is 11.4 Å². The van der Waals surface area contributed by atoms with Gasteiger partial charge in [0.05, 0.1) is 0 Å². The molecule has 0 saturated carbocycles. The smallest absolute Gasteiger partial charge is 0.230 e. The lowest BCUT2D eigenvalue weighted by molar-refractivity contribution is 0.195. The number of piperidine rings is 1. The predicted octanol–water partition coefficient (Wildman–Crippen LogP) is 5.35. The number of benzene rings is 1. The maximum absolute atomic E-state index is 5.57. The van der Waals surface area contributed by atoms with Gasteiger partial charge in [-0.15, -0.1) is 0 Å². The minimum atomic E-state index is 0.389. The van der Waals surface area contributed by atoms with Crippen LogP contribution in [0.2, 0.25) is 0 Å². The van der Waals surface area contributed by atoms with Crippen LogP contribution in [0.4, 0.5) is 0 Å². The zero-order valence-corrected chi connectivity index (χ0v) is 16.5. The Kier molecular flexibility index (Phi) is 5.65. The van der Waals surface area contributed by atoms with Gasteiger partial charge in [-0.1, -0.05) is 44.9 Å². The number of allylic oxidation sites excluding steroid dienone is 3. The summed E-state index contributed by atoms with van der Waals surface area (Å²) in [4.78, 5) is 7.22. The number of nitrogens with zero attached hydrogens (tertiary/aromatic N) is 3. The summed E-state index contributed by atoms with van der Waals surface area (Å²) in [5.41, 5.74) is 2.58. The molecular formula is C21H24BrN3O. The van der Waals surface area contributed by atoms with Crippen LogP contribution in [0.3, 0.4) is 0 Å². The molecule has 26 heavy (non-hydrogen) atoms. The molecule has 1 fully saturated rings. The van der Waals surface area contributed by atoms with Crippen LogP contribution >= 0.6 is 15.9 Å². The topological polar surface area (TPSA) is 42.2 Å². The predicted molar refractivity (Wildman–Crippen MR) is 107 cm³/mol. The van der Waals surface area contributed by atoms with E-state index in [2.05, 4.69) is 49.2 Å². The van der Waals surface area contributed by atoms with E-state index in [1.165, 1.54) is 25.8 Å². The van der Waals surface area contributed by atoms with Crippen molar-refractivity contribution in [1.29, 1.82) is 0 Å². The van der Waals surface area contributed by atoms with Gasteiger partial charge >= 0.3 is 0 Å². The molecule has 4 nitrogen and oxygen atoms in total. The molecule has 0 radical (unpaired) electrons. The van der Waals surface area contributed by atoms with E-state index < -0.39 is 0 Å². The maximum Gasteiger partial charge on any atom is 0.230 e. The highest BCUT2D eigenvalue weighted by Gasteiger charge is 2.25. The van der Waals surface area contributed by atoms with Crippen LogP contribution in [0, 0.1) is 0 Å². The zero-order chi connectivity index (χ0) is 17.8. The van der Waals surface area contributed by atoms with E-state index in [0.717, 1.165) is 41.9 Å². The SMILES string of the molecule is Brc1ccc(-c2noc(C3CCN(CCC4=CC=CCC4)CC3)n2)cc1. The van der Waals surface area contributed by atoms with Gasteiger partial charge in [0.25, 0.3) is 0 Å². The quantitative estimate of drug-likeness (QED) is 0.662. The summed E-state index contributed by atoms with van der Waals surface area (Å²) >= 11 is 3.45. The molecular weight excluding hydrogens is 390 g/mol. The Bertz CT molecular complexity index is 786. The number of halogens is 1. The van der Waals surface area contributed by atoms with Crippen molar-refractivity contribution in [3.05, 3.63) is 58.4 Å². The molecule has 2 heterocycles. The van der Waals surface area contributed by atoms with Crippen LogP contribution < -0.4 is 0 Å². The number of likely N-dealkylation sites (tertiary alicyclic amines) is 1. The van der Waals surface area contributed by atoms with Crippen molar-refractivity contribution in [2.24, 2.45) is 0 Å². The standard InChI is InChI=1S/C21H24BrN3O/c22-19-8-6-17(7-9-19)20-23-21(26-24-20)18-11-14-25(15-12-18)13-10-16-4-2-1-3-5-16/h1-2,4,6-9,18H,3,5,10-15H2. The summed E-state index contributed by atoms with van der Waals surface area (Å²) in [7, 11) is 0. The van der Waals surface area contributed by atoms with E-state index in [1.54, 1.807) is 5.57 Å². The molecule has 136 valence electrons. The highest BCUT2D eigenvalue weighted by molar-refractivity contribution is 9.10. The summed E-state index contributed by atoms with van der Waals surface area (Å²) in [6, 6.07) is 8.02. The molecule has 0 spiro atoms. The van der Waals surface area contributed by atoms with Crippen molar-refractivity contribution in [1.82, 2.24) is 15.0 Å². The molecule has 1 aromatic carbocycles. The highest BCUT2D eigenvalue weighted by atomic mass is 79.9. The number of hydrogen-bond donors (Lipinski definition) is 0. The Hall–Kier alpha value is -1.72. The molecule has 4 rings (SSSR count). The van der Waals surface area contributed by atoms with Gasteiger partial charge in [-0.25, -0.2) is 0 Å². The van der Waals surface area contributed by atoms with Crippen molar-refractivity contribution >= 4 is 15.9 Å². The van der Waals surface area contributed by atoms with Gasteiger partial charge in [0.1, 0.15) is 0 Å². The van der Waals surface area contributed by atoms with Gasteiger partial charge < -0.3 is 9.42 Å². The van der Waals surface area contributed by atoms with Gasteiger partial charge in [0.15, 0.2) is 0 Å². The first-order chi connectivity index (χ1) is 12.8. The molecule has 2 aliphatic rings. The van der Waals surface area contributed by atoms with Gasteiger partial charge in [0.2, 0.25) is 11.7 Å². The summed E-state index contributed by atoms with van der Waals surface area (Å²) in [5, 5.41) is 4.18. The second kappa shape index (κ2) is 8.31. The van der Waals surface area contributed by atoms with Crippen molar-refractivity contribution in [3.63, 3.8) is 0 Å². The van der Waals surface area contributed by atoms with Crippen molar-refractivity contribution in [2.75, 3.05) is 19.6 Å². The molecule has 0 amide bonds. The first-order valence-electron chi connectivity index (χ1n) is 9.44. The van der Waals surface area contributed by atoms with Crippen molar-refractivity contribution in [2.45, 2.75) is 38.0 Å². The van der Waals surface area contributed by atoms with Gasteiger partial charge in [-0.2, -0.15) is 4.98 Å². The molecule has 1 aliphatic heterocycles. The molecule has 1 aromatic heterocycles. The first-order valence-corrected chi connectivity index (χ1v) is 10.2. The summed E-state index contributed by atoms with van der Waals surface area (Å²) in [6.45, 7) is 3.40. The highest BCUT2D eigenvalue weighted by Crippen LogP contribution is 2.29. The van der Waals surface area contributed by atoms with Gasteiger partial charge in [-0.05, 0) is 69.5 Å². The fraction of sp³-hybridized carbons (Fsp3) is 0.429. The van der Waals surface area contributed by atoms with Crippen LogP contribution in [0.15, 0.2) is 57.1 Å². The Morgan fingerprint density at radius 1 is 1.15 bits per heavy atom. The summed E-state index contributed by atoms with van der Waals surface area (Å²) < 4.78 is 6.62. The minimum absolute atomic E-state index is 0.389. The van der Waals surface area contributed by atoms with E-state index in [9.17, 15) is 0 Å². The number of hydrogen-bond acceptors (Lipinski definition) is 4. The van der Waals surface area contributed by atoms with Crippen LogP contribution in [0.5, 0.6) is 0 Å². The first kappa shape index (κ1) is 17.7. The average molecular weight is 414 g/mol. The lowest BCUT2D eigenvalue weighted by Crippen LogP contribution is -2.34. The van der Waals surface area contributed by atoms with Crippen LogP contribution in [-0.2, 0) is 0 Å². The van der Waals surface area contributed by atoms with Crippen LogP contribution in [-0.4, -0.2) is 34.7 Å². The third-order valence-corrected chi connectivity index (χ3v) is 5.86. The fourth-order valence-electron chi connectivity index (χ4n) is 3.68. The Morgan fingerprint density at radius 2 is 1.96 bits per heavy atom. The lowest BCUT2D eigenvalue weighted by Gasteiger charge is -2.30. The van der Waals surface area contributed by atoms with E-state index in [4.69, 9.17) is 4.52 Å². The maximum atomic E-state index is 5.57. The van der Waals surface area contributed by atoms with Crippen LogP contribution in [0.1, 0.15) is 43.9 Å². The van der Waals surface area contributed by atoms with E-state index in [-0.39, 0.29) is 0 Å². The third-order valence-electron chi connectivity index (χ3n) is 5.33. The molecule has 5 heteroatoms. The Morgan fingerprint density at radius 3 is 2.69 bits per heavy atom. The lowest BCUT2D eigenvalue weighted by atomic mass is 9.96. The monoisotopic (exact) mass is 413 g/mol. The van der Waals surface area contributed by atoms with Crippen molar-refractivity contribution < 1.29 is 4.52 Å². The molecule has 0 N–H and O–H groups in total. The zero-order valence-electron chi connectivity index (χ0n) is 14.9. The van der Waals surface area contributed by atoms with E-state index >= 15 is 0 Å².